The second-order valence-corrected chi connectivity index (χ2v) is 5.37. The topological polar surface area (TPSA) is 126 Å². The van der Waals surface area contributed by atoms with Gasteiger partial charge in [0.2, 0.25) is 0 Å². The molecule has 0 aliphatic carbocycles. The van der Waals surface area contributed by atoms with Crippen molar-refractivity contribution in [3.05, 3.63) is 25.3 Å². The molecular formula is C14H19N5O4. The molecule has 1 aliphatic rings. The number of ether oxygens (including phenoxy) is 1. The molecule has 4 atom stereocenters. The molecule has 2 aromatic heterocycles. The standard InChI is InChI=1S/C14H19N5O4/c1-3-4-14(11(22)10(21)8(5-20)23-14)19-7-18-9-12(15-2)16-6-17-13(9)19/h3,6-8,10-11,20-22H,1,4-5H2,2H3,(H,15,16,17)/t8-,10-,11-,14-/m1/s1. The van der Waals surface area contributed by atoms with Crippen LogP contribution < -0.4 is 5.32 Å². The Morgan fingerprint density at radius 1 is 1.43 bits per heavy atom. The number of rotatable bonds is 5. The average molecular weight is 321 g/mol. The number of anilines is 1. The van der Waals surface area contributed by atoms with E-state index in [9.17, 15) is 15.3 Å². The van der Waals surface area contributed by atoms with Crippen LogP contribution in [-0.4, -0.2) is 66.8 Å². The highest BCUT2D eigenvalue weighted by Crippen LogP contribution is 2.40. The Morgan fingerprint density at radius 2 is 2.22 bits per heavy atom. The van der Waals surface area contributed by atoms with Crippen LogP contribution in [-0.2, 0) is 10.5 Å². The molecule has 23 heavy (non-hydrogen) atoms. The van der Waals surface area contributed by atoms with Gasteiger partial charge in [-0.3, -0.25) is 4.57 Å². The molecule has 0 amide bonds. The van der Waals surface area contributed by atoms with Crippen molar-refractivity contribution in [1.29, 1.82) is 0 Å². The van der Waals surface area contributed by atoms with E-state index in [2.05, 4.69) is 26.8 Å². The van der Waals surface area contributed by atoms with Crippen molar-refractivity contribution >= 4 is 17.0 Å². The lowest BCUT2D eigenvalue weighted by molar-refractivity contribution is -0.143. The molecule has 9 nitrogen and oxygen atoms in total. The van der Waals surface area contributed by atoms with E-state index in [1.165, 1.54) is 12.7 Å². The molecule has 0 radical (unpaired) electrons. The van der Waals surface area contributed by atoms with E-state index < -0.39 is 30.6 Å². The second-order valence-electron chi connectivity index (χ2n) is 5.37. The van der Waals surface area contributed by atoms with Crippen LogP contribution in [0, 0.1) is 0 Å². The van der Waals surface area contributed by atoms with Gasteiger partial charge in [-0.25, -0.2) is 15.0 Å². The lowest BCUT2D eigenvalue weighted by Gasteiger charge is -2.32. The molecule has 0 saturated carbocycles. The maximum absolute atomic E-state index is 10.6. The zero-order valence-electron chi connectivity index (χ0n) is 12.6. The summed E-state index contributed by atoms with van der Waals surface area (Å²) in [5, 5.41) is 33.0. The number of aliphatic hydroxyl groups is 3. The maximum Gasteiger partial charge on any atom is 0.180 e. The van der Waals surface area contributed by atoms with E-state index in [1.807, 2.05) is 0 Å². The summed E-state index contributed by atoms with van der Waals surface area (Å²) in [5.74, 6) is 0.536. The van der Waals surface area contributed by atoms with Gasteiger partial charge in [-0.1, -0.05) is 6.08 Å². The number of aromatic nitrogens is 4. The molecule has 1 fully saturated rings. The van der Waals surface area contributed by atoms with Crippen LogP contribution in [0.3, 0.4) is 0 Å². The van der Waals surface area contributed by atoms with E-state index in [-0.39, 0.29) is 6.42 Å². The summed E-state index contributed by atoms with van der Waals surface area (Å²) < 4.78 is 7.36. The lowest BCUT2D eigenvalue weighted by Crippen LogP contribution is -2.45. The Labute approximate surface area is 132 Å². The molecule has 124 valence electrons. The van der Waals surface area contributed by atoms with Crippen molar-refractivity contribution in [2.45, 2.75) is 30.5 Å². The zero-order valence-corrected chi connectivity index (χ0v) is 12.6. The summed E-state index contributed by atoms with van der Waals surface area (Å²) in [6, 6.07) is 0. The minimum Gasteiger partial charge on any atom is -0.394 e. The Hall–Kier alpha value is -2.07. The first-order chi connectivity index (χ1) is 11.1. The summed E-state index contributed by atoms with van der Waals surface area (Å²) in [7, 11) is 1.72. The number of nitrogens with zero attached hydrogens (tertiary/aromatic N) is 4. The van der Waals surface area contributed by atoms with E-state index in [1.54, 1.807) is 17.7 Å². The third-order valence-corrected chi connectivity index (χ3v) is 4.12. The first-order valence-corrected chi connectivity index (χ1v) is 7.21. The van der Waals surface area contributed by atoms with Gasteiger partial charge in [0.05, 0.1) is 12.9 Å². The predicted octanol–water partition coefficient (Wildman–Crippen LogP) is -0.790. The molecule has 0 aromatic carbocycles. The van der Waals surface area contributed by atoms with Crippen molar-refractivity contribution in [3.8, 4) is 0 Å². The van der Waals surface area contributed by atoms with Crippen LogP contribution in [0.1, 0.15) is 6.42 Å². The molecule has 3 rings (SSSR count). The van der Waals surface area contributed by atoms with E-state index in [0.29, 0.717) is 17.0 Å². The van der Waals surface area contributed by atoms with E-state index in [4.69, 9.17) is 4.74 Å². The average Bonchev–Trinajstić information content (AvgIpc) is 3.10. The Bertz CT molecular complexity index is 720. The summed E-state index contributed by atoms with van der Waals surface area (Å²) >= 11 is 0. The second kappa shape index (κ2) is 5.85. The number of nitrogens with one attached hydrogen (secondary N) is 1. The normalized spacial score (nSPS) is 30.7. The molecule has 2 aromatic rings. The van der Waals surface area contributed by atoms with Gasteiger partial charge >= 0.3 is 0 Å². The van der Waals surface area contributed by atoms with Crippen LogP contribution in [0.15, 0.2) is 25.3 Å². The van der Waals surface area contributed by atoms with Crippen molar-refractivity contribution in [2.24, 2.45) is 0 Å². The van der Waals surface area contributed by atoms with Crippen LogP contribution in [0.4, 0.5) is 5.82 Å². The molecule has 1 aliphatic heterocycles. The van der Waals surface area contributed by atoms with Gasteiger partial charge in [-0.2, -0.15) is 0 Å². The molecule has 0 spiro atoms. The molecule has 0 unspecified atom stereocenters. The smallest absolute Gasteiger partial charge is 0.180 e. The number of fused-ring (bicyclic) bond motifs is 1. The first kappa shape index (κ1) is 15.8. The van der Waals surface area contributed by atoms with Crippen LogP contribution >= 0.6 is 0 Å². The number of hydrogen-bond donors (Lipinski definition) is 4. The largest absolute Gasteiger partial charge is 0.394 e. The fraction of sp³-hybridized carbons (Fsp3) is 0.500. The van der Waals surface area contributed by atoms with Crippen LogP contribution in [0.2, 0.25) is 0 Å². The van der Waals surface area contributed by atoms with Gasteiger partial charge in [0.1, 0.15) is 24.6 Å². The Kier molecular flexibility index (Phi) is 4.02. The third-order valence-electron chi connectivity index (χ3n) is 4.12. The Balaban J connectivity index is 2.18. The third kappa shape index (κ3) is 2.20. The Morgan fingerprint density at radius 3 is 2.83 bits per heavy atom. The molecule has 9 heteroatoms. The van der Waals surface area contributed by atoms with E-state index in [0.717, 1.165) is 0 Å². The minimum atomic E-state index is -1.34. The summed E-state index contributed by atoms with van der Waals surface area (Å²) in [6.07, 6.45) is 1.20. The number of imidazole rings is 1. The molecule has 1 saturated heterocycles. The lowest BCUT2D eigenvalue weighted by atomic mass is 9.99. The zero-order chi connectivity index (χ0) is 16.6. The van der Waals surface area contributed by atoms with Gasteiger partial charge < -0.3 is 25.4 Å². The summed E-state index contributed by atoms with van der Waals surface area (Å²) in [4.78, 5) is 12.6. The molecule has 3 heterocycles. The number of hydrogen-bond acceptors (Lipinski definition) is 8. The summed E-state index contributed by atoms with van der Waals surface area (Å²) in [6.45, 7) is 3.27. The first-order valence-electron chi connectivity index (χ1n) is 7.21. The highest BCUT2D eigenvalue weighted by atomic mass is 16.6. The van der Waals surface area contributed by atoms with Gasteiger partial charge in [0, 0.05) is 13.5 Å². The van der Waals surface area contributed by atoms with Gasteiger partial charge in [-0.15, -0.1) is 6.58 Å². The van der Waals surface area contributed by atoms with Crippen molar-refractivity contribution < 1.29 is 20.1 Å². The highest BCUT2D eigenvalue weighted by Gasteiger charge is 2.55. The fourth-order valence-electron chi connectivity index (χ4n) is 2.99. The van der Waals surface area contributed by atoms with E-state index >= 15 is 0 Å². The van der Waals surface area contributed by atoms with Crippen LogP contribution in [0.5, 0.6) is 0 Å². The van der Waals surface area contributed by atoms with Gasteiger partial charge in [0.15, 0.2) is 22.7 Å². The van der Waals surface area contributed by atoms with Gasteiger partial charge in [-0.05, 0) is 0 Å². The quantitative estimate of drug-likeness (QED) is 0.528. The molecule has 0 bridgehead atoms. The maximum atomic E-state index is 10.6. The number of aliphatic hydroxyl groups excluding tert-OH is 3. The molecular weight excluding hydrogens is 302 g/mol. The van der Waals surface area contributed by atoms with Crippen molar-refractivity contribution in [1.82, 2.24) is 19.5 Å². The fourth-order valence-corrected chi connectivity index (χ4v) is 2.99. The summed E-state index contributed by atoms with van der Waals surface area (Å²) in [5.41, 5.74) is -0.393. The van der Waals surface area contributed by atoms with Crippen molar-refractivity contribution in [3.63, 3.8) is 0 Å². The van der Waals surface area contributed by atoms with Crippen LogP contribution in [0.25, 0.3) is 11.2 Å². The minimum absolute atomic E-state index is 0.200. The molecule has 4 N–H and O–H groups in total. The van der Waals surface area contributed by atoms with Gasteiger partial charge in [0.25, 0.3) is 0 Å². The SMILES string of the molecule is C=CC[C@@]1(n2cnc3c(NC)ncnc32)O[C@H](CO)[C@@H](O)[C@H]1O. The monoisotopic (exact) mass is 321 g/mol. The predicted molar refractivity (Wildman–Crippen MR) is 81.6 cm³/mol. The highest BCUT2D eigenvalue weighted by molar-refractivity contribution is 5.82. The van der Waals surface area contributed by atoms with Crippen molar-refractivity contribution in [2.75, 3.05) is 19.0 Å².